The molecule has 7 nitrogen and oxygen atoms in total. The molecule has 66 valence electrons. The fraction of sp³-hybridized carbons (Fsp3) is 0. The van der Waals surface area contributed by atoms with E-state index in [0.29, 0.717) is 11.2 Å². The zero-order valence-electron chi connectivity index (χ0n) is 6.49. The van der Waals surface area contributed by atoms with Gasteiger partial charge in [0, 0.05) is 11.8 Å². The standard InChI is InChI=1S/C6H6N6O/c7-6(9-13)4-1-2-12-5(3-4)8-10-11-12/h1-3,13H,(H2,7,9). The number of aromatic nitrogens is 4. The topological polar surface area (TPSA) is 102 Å². The smallest absolute Gasteiger partial charge is 0.179 e. The molecule has 0 bridgehead atoms. The van der Waals surface area contributed by atoms with Gasteiger partial charge in [-0.15, -0.1) is 5.10 Å². The van der Waals surface area contributed by atoms with Crippen molar-refractivity contribution in [2.75, 3.05) is 0 Å². The van der Waals surface area contributed by atoms with Gasteiger partial charge in [0.25, 0.3) is 0 Å². The summed E-state index contributed by atoms with van der Waals surface area (Å²) in [6.45, 7) is 0. The number of oxime groups is 1. The van der Waals surface area contributed by atoms with Gasteiger partial charge in [0.15, 0.2) is 11.5 Å². The highest BCUT2D eigenvalue weighted by molar-refractivity contribution is 5.97. The summed E-state index contributed by atoms with van der Waals surface area (Å²) in [5.41, 5.74) is 6.50. The Labute approximate surface area is 72.5 Å². The van der Waals surface area contributed by atoms with Crippen LogP contribution in [0.2, 0.25) is 0 Å². The Bertz CT molecular complexity index is 461. The molecule has 0 saturated heterocycles. The van der Waals surface area contributed by atoms with Crippen LogP contribution in [0.15, 0.2) is 23.5 Å². The van der Waals surface area contributed by atoms with Crippen LogP contribution in [-0.4, -0.2) is 31.1 Å². The van der Waals surface area contributed by atoms with E-state index in [2.05, 4.69) is 20.7 Å². The summed E-state index contributed by atoms with van der Waals surface area (Å²) in [7, 11) is 0. The summed E-state index contributed by atoms with van der Waals surface area (Å²) in [5, 5.41) is 22.1. The Morgan fingerprint density at radius 2 is 2.46 bits per heavy atom. The fourth-order valence-electron chi connectivity index (χ4n) is 0.957. The van der Waals surface area contributed by atoms with E-state index in [1.165, 1.54) is 4.52 Å². The zero-order valence-corrected chi connectivity index (χ0v) is 6.49. The Hall–Kier alpha value is -2.18. The quantitative estimate of drug-likeness (QED) is 0.258. The molecule has 0 unspecified atom stereocenters. The van der Waals surface area contributed by atoms with Crippen molar-refractivity contribution >= 4 is 11.5 Å². The summed E-state index contributed by atoms with van der Waals surface area (Å²) in [6.07, 6.45) is 1.63. The zero-order chi connectivity index (χ0) is 9.26. The van der Waals surface area contributed by atoms with E-state index in [1.807, 2.05) is 0 Å². The molecule has 0 aliphatic rings. The molecule has 0 saturated carbocycles. The number of amidine groups is 1. The maximum Gasteiger partial charge on any atom is 0.179 e. The van der Waals surface area contributed by atoms with Gasteiger partial charge in [-0.05, 0) is 22.6 Å². The van der Waals surface area contributed by atoms with E-state index in [4.69, 9.17) is 10.9 Å². The average Bonchev–Trinajstić information content (AvgIpc) is 2.63. The highest BCUT2D eigenvalue weighted by atomic mass is 16.4. The third kappa shape index (κ3) is 1.15. The van der Waals surface area contributed by atoms with Gasteiger partial charge in [-0.1, -0.05) is 5.16 Å². The second-order valence-corrected chi connectivity index (χ2v) is 2.38. The van der Waals surface area contributed by atoms with Crippen LogP contribution in [0.5, 0.6) is 0 Å². The van der Waals surface area contributed by atoms with E-state index in [-0.39, 0.29) is 5.84 Å². The number of tetrazole rings is 1. The molecule has 0 spiro atoms. The fourth-order valence-corrected chi connectivity index (χ4v) is 0.957. The summed E-state index contributed by atoms with van der Waals surface area (Å²) in [5.74, 6) is 0.0329. The maximum atomic E-state index is 8.42. The van der Waals surface area contributed by atoms with Gasteiger partial charge in [-0.3, -0.25) is 0 Å². The lowest BCUT2D eigenvalue weighted by molar-refractivity contribution is 0.318. The SMILES string of the molecule is N/C(=N/O)c1ccn2nnnc2c1. The number of nitrogens with zero attached hydrogens (tertiary/aromatic N) is 5. The Balaban J connectivity index is 2.60. The van der Waals surface area contributed by atoms with Gasteiger partial charge in [-0.25, -0.2) is 4.52 Å². The molecular formula is C6H6N6O. The molecule has 2 aromatic heterocycles. The molecule has 2 rings (SSSR count). The van der Waals surface area contributed by atoms with Crippen molar-refractivity contribution in [1.29, 1.82) is 0 Å². The van der Waals surface area contributed by atoms with E-state index in [9.17, 15) is 0 Å². The lowest BCUT2D eigenvalue weighted by Gasteiger charge is -1.96. The Morgan fingerprint density at radius 1 is 1.62 bits per heavy atom. The van der Waals surface area contributed by atoms with Gasteiger partial charge >= 0.3 is 0 Å². The van der Waals surface area contributed by atoms with Crippen LogP contribution in [0.25, 0.3) is 5.65 Å². The molecule has 0 aromatic carbocycles. The maximum absolute atomic E-state index is 8.42. The molecule has 0 atom stereocenters. The molecule has 0 fully saturated rings. The monoisotopic (exact) mass is 178 g/mol. The van der Waals surface area contributed by atoms with Crippen LogP contribution in [0.3, 0.4) is 0 Å². The van der Waals surface area contributed by atoms with E-state index < -0.39 is 0 Å². The van der Waals surface area contributed by atoms with E-state index >= 15 is 0 Å². The largest absolute Gasteiger partial charge is 0.409 e. The van der Waals surface area contributed by atoms with Crippen LogP contribution in [0.4, 0.5) is 0 Å². The van der Waals surface area contributed by atoms with Gasteiger partial charge in [0.05, 0.1) is 0 Å². The van der Waals surface area contributed by atoms with Crippen molar-refractivity contribution in [3.8, 4) is 0 Å². The minimum atomic E-state index is 0.0329. The highest BCUT2D eigenvalue weighted by Crippen LogP contribution is 2.01. The molecule has 0 radical (unpaired) electrons. The Kier molecular flexibility index (Phi) is 1.55. The van der Waals surface area contributed by atoms with Crippen molar-refractivity contribution in [2.24, 2.45) is 10.9 Å². The number of hydrogen-bond acceptors (Lipinski definition) is 5. The van der Waals surface area contributed by atoms with Crippen molar-refractivity contribution in [1.82, 2.24) is 20.0 Å². The molecule has 2 heterocycles. The average molecular weight is 178 g/mol. The van der Waals surface area contributed by atoms with Gasteiger partial charge < -0.3 is 10.9 Å². The number of rotatable bonds is 1. The molecule has 13 heavy (non-hydrogen) atoms. The van der Waals surface area contributed by atoms with Crippen molar-refractivity contribution in [3.05, 3.63) is 23.9 Å². The highest BCUT2D eigenvalue weighted by Gasteiger charge is 2.02. The lowest BCUT2D eigenvalue weighted by Crippen LogP contribution is -2.13. The third-order valence-electron chi connectivity index (χ3n) is 1.60. The van der Waals surface area contributed by atoms with E-state index in [1.54, 1.807) is 18.3 Å². The molecule has 3 N–H and O–H groups in total. The molecule has 0 amide bonds. The predicted octanol–water partition coefficient (Wildman–Crippen LogP) is -0.781. The normalized spacial score (nSPS) is 12.2. The first-order chi connectivity index (χ1) is 6.31. The summed E-state index contributed by atoms with van der Waals surface area (Å²) in [6, 6.07) is 3.27. The number of nitrogens with two attached hydrogens (primary N) is 1. The molecule has 2 aromatic rings. The summed E-state index contributed by atoms with van der Waals surface area (Å²) < 4.78 is 1.48. The van der Waals surface area contributed by atoms with Gasteiger partial charge in [0.1, 0.15) is 0 Å². The van der Waals surface area contributed by atoms with Crippen molar-refractivity contribution in [2.45, 2.75) is 0 Å². The van der Waals surface area contributed by atoms with Crippen LogP contribution in [0, 0.1) is 0 Å². The third-order valence-corrected chi connectivity index (χ3v) is 1.60. The van der Waals surface area contributed by atoms with Crippen molar-refractivity contribution in [3.63, 3.8) is 0 Å². The minimum absolute atomic E-state index is 0.0329. The first kappa shape index (κ1) is 7.47. The summed E-state index contributed by atoms with van der Waals surface area (Å²) >= 11 is 0. The molecular weight excluding hydrogens is 172 g/mol. The summed E-state index contributed by atoms with van der Waals surface area (Å²) in [4.78, 5) is 0. The Morgan fingerprint density at radius 3 is 3.23 bits per heavy atom. The molecule has 0 aliphatic carbocycles. The number of fused-ring (bicyclic) bond motifs is 1. The lowest BCUT2D eigenvalue weighted by atomic mass is 10.2. The van der Waals surface area contributed by atoms with Crippen molar-refractivity contribution < 1.29 is 5.21 Å². The van der Waals surface area contributed by atoms with Crippen LogP contribution < -0.4 is 5.73 Å². The van der Waals surface area contributed by atoms with Gasteiger partial charge in [0.2, 0.25) is 0 Å². The predicted molar refractivity (Wildman–Crippen MR) is 43.3 cm³/mol. The second kappa shape index (κ2) is 2.70. The molecule has 7 heteroatoms. The first-order valence-electron chi connectivity index (χ1n) is 3.47. The van der Waals surface area contributed by atoms with Crippen LogP contribution >= 0.6 is 0 Å². The second-order valence-electron chi connectivity index (χ2n) is 2.38. The number of pyridine rings is 1. The van der Waals surface area contributed by atoms with Crippen LogP contribution in [-0.2, 0) is 0 Å². The molecule has 0 aliphatic heterocycles. The van der Waals surface area contributed by atoms with E-state index in [0.717, 1.165) is 0 Å². The number of hydrogen-bond donors (Lipinski definition) is 2. The first-order valence-corrected chi connectivity index (χ1v) is 3.47. The van der Waals surface area contributed by atoms with Gasteiger partial charge in [-0.2, -0.15) is 0 Å². The van der Waals surface area contributed by atoms with Crippen LogP contribution in [0.1, 0.15) is 5.56 Å². The minimum Gasteiger partial charge on any atom is -0.409 e.